The molecule has 0 atom stereocenters. The number of ether oxygens (including phenoxy) is 3. The van der Waals surface area contributed by atoms with E-state index in [0.29, 0.717) is 30.2 Å². The number of hydrogen-bond acceptors (Lipinski definition) is 6. The number of esters is 1. The van der Waals surface area contributed by atoms with E-state index in [4.69, 9.17) is 19.9 Å². The molecule has 1 aromatic carbocycles. The van der Waals surface area contributed by atoms with Crippen LogP contribution in [0.4, 0.5) is 5.69 Å². The zero-order valence-electron chi connectivity index (χ0n) is 12.3. The van der Waals surface area contributed by atoms with E-state index in [2.05, 4.69) is 4.90 Å². The van der Waals surface area contributed by atoms with Gasteiger partial charge < -0.3 is 19.9 Å². The van der Waals surface area contributed by atoms with Crippen molar-refractivity contribution in [1.82, 2.24) is 4.90 Å². The van der Waals surface area contributed by atoms with Crippen LogP contribution in [0.1, 0.15) is 17.3 Å². The molecule has 1 saturated heterocycles. The Hall–Kier alpha value is -1.79. The van der Waals surface area contributed by atoms with Crippen molar-refractivity contribution >= 4 is 11.7 Å². The van der Waals surface area contributed by atoms with Gasteiger partial charge in [-0.3, -0.25) is 4.90 Å². The third-order valence-electron chi connectivity index (χ3n) is 3.29. The van der Waals surface area contributed by atoms with Crippen LogP contribution in [-0.2, 0) is 9.47 Å². The number of anilines is 1. The quantitative estimate of drug-likeness (QED) is 0.627. The Labute approximate surface area is 124 Å². The fourth-order valence-corrected chi connectivity index (χ4v) is 2.14. The maximum atomic E-state index is 11.9. The molecular weight excluding hydrogens is 272 g/mol. The van der Waals surface area contributed by atoms with E-state index in [0.717, 1.165) is 32.8 Å². The molecule has 21 heavy (non-hydrogen) atoms. The van der Waals surface area contributed by atoms with Crippen LogP contribution in [0.15, 0.2) is 18.2 Å². The highest BCUT2D eigenvalue weighted by Gasteiger charge is 2.13. The molecule has 1 aliphatic rings. The van der Waals surface area contributed by atoms with E-state index >= 15 is 0 Å². The van der Waals surface area contributed by atoms with Crippen molar-refractivity contribution in [1.29, 1.82) is 0 Å². The van der Waals surface area contributed by atoms with Crippen LogP contribution in [0.2, 0.25) is 0 Å². The van der Waals surface area contributed by atoms with Crippen molar-refractivity contribution in [3.8, 4) is 5.75 Å². The summed E-state index contributed by atoms with van der Waals surface area (Å²) in [5, 5.41) is 0. The number of nitrogens with two attached hydrogens (primary N) is 1. The number of nitrogens with zero attached hydrogens (tertiary/aromatic N) is 1. The van der Waals surface area contributed by atoms with Gasteiger partial charge in [0.2, 0.25) is 0 Å². The fraction of sp³-hybridized carbons (Fsp3) is 0.533. The van der Waals surface area contributed by atoms with Gasteiger partial charge in [-0.15, -0.1) is 0 Å². The number of rotatable bonds is 6. The fourth-order valence-electron chi connectivity index (χ4n) is 2.14. The minimum atomic E-state index is -0.363. The first-order valence-electron chi connectivity index (χ1n) is 7.20. The van der Waals surface area contributed by atoms with E-state index in [9.17, 15) is 4.79 Å². The molecule has 0 aliphatic carbocycles. The maximum Gasteiger partial charge on any atom is 0.338 e. The van der Waals surface area contributed by atoms with Gasteiger partial charge >= 0.3 is 5.97 Å². The van der Waals surface area contributed by atoms with Crippen molar-refractivity contribution in [3.63, 3.8) is 0 Å². The highest BCUT2D eigenvalue weighted by atomic mass is 16.5. The zero-order valence-corrected chi connectivity index (χ0v) is 12.3. The van der Waals surface area contributed by atoms with Crippen molar-refractivity contribution in [2.75, 3.05) is 51.8 Å². The molecule has 1 heterocycles. The molecule has 0 saturated carbocycles. The summed E-state index contributed by atoms with van der Waals surface area (Å²) in [4.78, 5) is 14.2. The minimum absolute atomic E-state index is 0.363. The van der Waals surface area contributed by atoms with Gasteiger partial charge in [0.1, 0.15) is 12.4 Å². The molecule has 1 aromatic rings. The highest BCUT2D eigenvalue weighted by molar-refractivity contribution is 5.91. The molecule has 0 unspecified atom stereocenters. The lowest BCUT2D eigenvalue weighted by molar-refractivity contribution is 0.0195. The Morgan fingerprint density at radius 3 is 2.81 bits per heavy atom. The lowest BCUT2D eigenvalue weighted by Crippen LogP contribution is -2.38. The second kappa shape index (κ2) is 7.85. The number of benzene rings is 1. The summed E-state index contributed by atoms with van der Waals surface area (Å²) in [6.07, 6.45) is 0. The lowest BCUT2D eigenvalue weighted by Gasteiger charge is -2.26. The summed E-state index contributed by atoms with van der Waals surface area (Å²) in [7, 11) is 0. The summed E-state index contributed by atoms with van der Waals surface area (Å²) in [6, 6.07) is 4.94. The molecule has 0 radical (unpaired) electrons. The van der Waals surface area contributed by atoms with Gasteiger partial charge in [0.25, 0.3) is 0 Å². The summed E-state index contributed by atoms with van der Waals surface area (Å²) in [6.45, 7) is 6.75. The normalized spacial score (nSPS) is 15.7. The molecular formula is C15H22N2O4. The van der Waals surface area contributed by atoms with Crippen LogP contribution in [0.3, 0.4) is 0 Å². The molecule has 2 N–H and O–H groups in total. The minimum Gasteiger partial charge on any atom is -0.492 e. The van der Waals surface area contributed by atoms with Gasteiger partial charge in [-0.25, -0.2) is 4.79 Å². The van der Waals surface area contributed by atoms with Crippen LogP contribution < -0.4 is 10.5 Å². The third-order valence-corrected chi connectivity index (χ3v) is 3.29. The standard InChI is InChI=1S/C15H22N2O4/c1-2-20-14-4-3-12(11-13(14)16)15(18)21-10-7-17-5-8-19-9-6-17/h3-4,11H,2,5-10,16H2,1H3. The maximum absolute atomic E-state index is 11.9. The summed E-state index contributed by atoms with van der Waals surface area (Å²) in [5.41, 5.74) is 6.72. The largest absolute Gasteiger partial charge is 0.492 e. The monoisotopic (exact) mass is 294 g/mol. The van der Waals surface area contributed by atoms with Crippen LogP contribution in [0.25, 0.3) is 0 Å². The van der Waals surface area contributed by atoms with Gasteiger partial charge in [0.05, 0.1) is 31.1 Å². The Kier molecular flexibility index (Phi) is 5.83. The zero-order chi connectivity index (χ0) is 15.1. The lowest BCUT2D eigenvalue weighted by atomic mass is 10.2. The number of carbonyl (C=O) groups excluding carboxylic acids is 1. The number of hydrogen-bond donors (Lipinski definition) is 1. The molecule has 2 rings (SSSR count). The van der Waals surface area contributed by atoms with Crippen molar-refractivity contribution < 1.29 is 19.0 Å². The Morgan fingerprint density at radius 1 is 1.38 bits per heavy atom. The van der Waals surface area contributed by atoms with Gasteiger partial charge in [-0.2, -0.15) is 0 Å². The molecule has 0 aromatic heterocycles. The van der Waals surface area contributed by atoms with E-state index < -0.39 is 0 Å². The molecule has 6 heteroatoms. The average Bonchev–Trinajstić information content (AvgIpc) is 2.50. The highest BCUT2D eigenvalue weighted by Crippen LogP contribution is 2.22. The van der Waals surface area contributed by atoms with E-state index in [-0.39, 0.29) is 5.97 Å². The second-order valence-corrected chi connectivity index (χ2v) is 4.78. The first-order valence-corrected chi connectivity index (χ1v) is 7.20. The van der Waals surface area contributed by atoms with Crippen molar-refractivity contribution in [2.45, 2.75) is 6.92 Å². The van der Waals surface area contributed by atoms with Gasteiger partial charge in [0, 0.05) is 19.6 Å². The van der Waals surface area contributed by atoms with Crippen molar-refractivity contribution in [2.24, 2.45) is 0 Å². The number of morpholine rings is 1. The first-order chi connectivity index (χ1) is 10.2. The summed E-state index contributed by atoms with van der Waals surface area (Å²) < 4.78 is 15.9. The molecule has 0 spiro atoms. The van der Waals surface area contributed by atoms with Crippen molar-refractivity contribution in [3.05, 3.63) is 23.8 Å². The van der Waals surface area contributed by atoms with Gasteiger partial charge in [-0.05, 0) is 25.1 Å². The summed E-state index contributed by atoms with van der Waals surface area (Å²) >= 11 is 0. The predicted molar refractivity (Wildman–Crippen MR) is 79.6 cm³/mol. The molecule has 1 fully saturated rings. The van der Waals surface area contributed by atoms with Crippen LogP contribution in [0.5, 0.6) is 5.75 Å². The predicted octanol–water partition coefficient (Wildman–Crippen LogP) is 1.16. The smallest absolute Gasteiger partial charge is 0.338 e. The molecule has 0 amide bonds. The Morgan fingerprint density at radius 2 is 2.14 bits per heavy atom. The second-order valence-electron chi connectivity index (χ2n) is 4.78. The molecule has 6 nitrogen and oxygen atoms in total. The average molecular weight is 294 g/mol. The first kappa shape index (κ1) is 15.6. The van der Waals surface area contributed by atoms with E-state index in [1.165, 1.54) is 0 Å². The topological polar surface area (TPSA) is 74.0 Å². The summed E-state index contributed by atoms with van der Waals surface area (Å²) in [5.74, 6) is 0.223. The van der Waals surface area contributed by atoms with Crippen LogP contribution in [-0.4, -0.2) is 56.9 Å². The molecule has 0 bridgehead atoms. The Balaban J connectivity index is 1.81. The Bertz CT molecular complexity index is 473. The molecule has 116 valence electrons. The van der Waals surface area contributed by atoms with Gasteiger partial charge in [-0.1, -0.05) is 0 Å². The number of carbonyl (C=O) groups is 1. The van der Waals surface area contributed by atoms with E-state index in [1.807, 2.05) is 6.92 Å². The van der Waals surface area contributed by atoms with Gasteiger partial charge in [0.15, 0.2) is 0 Å². The van der Waals surface area contributed by atoms with E-state index in [1.54, 1.807) is 18.2 Å². The van der Waals surface area contributed by atoms with Crippen LogP contribution >= 0.6 is 0 Å². The SMILES string of the molecule is CCOc1ccc(C(=O)OCCN2CCOCC2)cc1N. The molecule has 1 aliphatic heterocycles. The number of nitrogen functional groups attached to an aromatic ring is 1. The third kappa shape index (κ3) is 4.61. The van der Waals surface area contributed by atoms with Crippen LogP contribution in [0, 0.1) is 0 Å².